The van der Waals surface area contributed by atoms with Crippen molar-refractivity contribution in [2.75, 3.05) is 12.4 Å². The van der Waals surface area contributed by atoms with E-state index in [2.05, 4.69) is 5.32 Å². The number of methoxy groups -OCH3 is 1. The molecule has 2 aliphatic carbocycles. The Morgan fingerprint density at radius 1 is 1.17 bits per heavy atom. The number of carbonyl (C=O) groups is 3. The fourth-order valence-corrected chi connectivity index (χ4v) is 5.94. The third-order valence-corrected chi connectivity index (χ3v) is 7.13. The first-order valence-electron chi connectivity index (χ1n) is 9.69. The number of ether oxygens (including phenoxy) is 1. The van der Waals surface area contributed by atoms with Gasteiger partial charge in [-0.3, -0.25) is 4.79 Å². The smallest absolute Gasteiger partial charge is 0.341 e. The molecule has 0 radical (unpaired) electrons. The van der Waals surface area contributed by atoms with E-state index in [0.717, 1.165) is 30.4 Å². The Kier molecular flexibility index (Phi) is 5.17. The number of rotatable bonds is 5. The van der Waals surface area contributed by atoms with Crippen LogP contribution >= 0.6 is 11.3 Å². The fraction of sp³-hybridized carbons (Fsp3) is 0.409. The van der Waals surface area contributed by atoms with E-state index in [0.29, 0.717) is 16.1 Å². The van der Waals surface area contributed by atoms with Gasteiger partial charge in [-0.2, -0.15) is 0 Å². The Hall–Kier alpha value is -2.67. The molecule has 7 heteroatoms. The van der Waals surface area contributed by atoms with E-state index >= 15 is 0 Å². The molecule has 1 aromatic carbocycles. The maximum Gasteiger partial charge on any atom is 0.341 e. The maximum absolute atomic E-state index is 13.0. The average molecular weight is 412 g/mol. The largest absolute Gasteiger partial charge is 0.550 e. The van der Waals surface area contributed by atoms with Crippen LogP contribution < -0.4 is 10.4 Å². The monoisotopic (exact) mass is 412 g/mol. The highest BCUT2D eigenvalue weighted by atomic mass is 32.1. The minimum Gasteiger partial charge on any atom is -0.550 e. The predicted octanol–water partition coefficient (Wildman–Crippen LogP) is 2.86. The number of esters is 1. The van der Waals surface area contributed by atoms with Crippen molar-refractivity contribution in [2.45, 2.75) is 26.2 Å². The maximum atomic E-state index is 13.0. The van der Waals surface area contributed by atoms with Gasteiger partial charge in [-0.15, -0.1) is 11.3 Å². The van der Waals surface area contributed by atoms with Gasteiger partial charge in [-0.25, -0.2) is 4.79 Å². The van der Waals surface area contributed by atoms with Gasteiger partial charge in [0.25, 0.3) is 0 Å². The second-order valence-electron chi connectivity index (χ2n) is 7.91. The highest BCUT2D eigenvalue weighted by molar-refractivity contribution is 7.15. The molecule has 0 saturated heterocycles. The van der Waals surface area contributed by atoms with Crippen molar-refractivity contribution in [1.29, 1.82) is 0 Å². The van der Waals surface area contributed by atoms with Gasteiger partial charge in [0.05, 0.1) is 7.11 Å². The second-order valence-corrected chi connectivity index (χ2v) is 8.79. The predicted molar refractivity (Wildman–Crippen MR) is 107 cm³/mol. The van der Waals surface area contributed by atoms with Crippen molar-refractivity contribution < 1.29 is 24.2 Å². The summed E-state index contributed by atoms with van der Waals surface area (Å²) in [5, 5.41) is 16.7. The number of fused-ring (bicyclic) bond motifs is 2. The Labute approximate surface area is 172 Å². The van der Waals surface area contributed by atoms with Gasteiger partial charge in [0, 0.05) is 28.7 Å². The van der Waals surface area contributed by atoms with Crippen molar-refractivity contribution >= 4 is 34.2 Å². The van der Waals surface area contributed by atoms with Crippen molar-refractivity contribution in [3.05, 3.63) is 40.8 Å². The summed E-state index contributed by atoms with van der Waals surface area (Å²) in [7, 11) is 1.30. The number of thiophene rings is 1. The number of carbonyl (C=O) groups excluding carboxylic acids is 3. The molecule has 29 heavy (non-hydrogen) atoms. The molecule has 2 bridgehead atoms. The molecular formula is C22H22NO5S-. The Balaban J connectivity index is 1.66. The van der Waals surface area contributed by atoms with E-state index in [9.17, 15) is 19.5 Å². The highest BCUT2D eigenvalue weighted by Gasteiger charge is 2.51. The SMILES string of the molecule is COC(=O)c1c(-c2cccc(C)c2)csc1NC(=O)C1C2CCC(C2)C1C(=O)[O-]. The van der Waals surface area contributed by atoms with Crippen LogP contribution in [-0.4, -0.2) is 25.0 Å². The molecule has 0 spiro atoms. The summed E-state index contributed by atoms with van der Waals surface area (Å²) in [6.45, 7) is 1.96. The van der Waals surface area contributed by atoms with Crippen LogP contribution in [0, 0.1) is 30.6 Å². The van der Waals surface area contributed by atoms with E-state index in [4.69, 9.17) is 4.74 Å². The van der Waals surface area contributed by atoms with Crippen LogP contribution in [0.1, 0.15) is 35.2 Å². The lowest BCUT2D eigenvalue weighted by Crippen LogP contribution is -2.44. The molecule has 1 N–H and O–H groups in total. The third kappa shape index (κ3) is 3.44. The van der Waals surface area contributed by atoms with E-state index in [1.165, 1.54) is 18.4 Å². The number of nitrogens with one attached hydrogen (secondary N) is 1. The molecule has 0 aliphatic heterocycles. The van der Waals surface area contributed by atoms with Crippen LogP contribution in [0.25, 0.3) is 11.1 Å². The van der Waals surface area contributed by atoms with Gasteiger partial charge in [-0.05, 0) is 43.6 Å². The number of aliphatic carboxylic acids is 1. The van der Waals surface area contributed by atoms with Gasteiger partial charge in [0.1, 0.15) is 10.6 Å². The molecule has 2 saturated carbocycles. The molecule has 2 fully saturated rings. The van der Waals surface area contributed by atoms with Crippen molar-refractivity contribution in [1.82, 2.24) is 0 Å². The van der Waals surface area contributed by atoms with Crippen LogP contribution in [-0.2, 0) is 14.3 Å². The van der Waals surface area contributed by atoms with Crippen LogP contribution in [0.3, 0.4) is 0 Å². The van der Waals surface area contributed by atoms with Crippen LogP contribution in [0.15, 0.2) is 29.6 Å². The van der Waals surface area contributed by atoms with Gasteiger partial charge in [-0.1, -0.05) is 29.8 Å². The summed E-state index contributed by atoms with van der Waals surface area (Å²) in [6.07, 6.45) is 2.44. The number of carboxylic acid groups (broad SMARTS) is 1. The molecule has 1 heterocycles. The van der Waals surface area contributed by atoms with E-state index < -0.39 is 23.8 Å². The number of carboxylic acids is 1. The van der Waals surface area contributed by atoms with Gasteiger partial charge in [0.15, 0.2) is 0 Å². The lowest BCUT2D eigenvalue weighted by molar-refractivity contribution is -0.314. The standard InChI is InChI=1S/C22H23NO5S/c1-11-4-3-5-12(8-11)15-10-29-20(18(15)22(27)28-2)23-19(24)16-13-6-7-14(9-13)17(16)21(25)26/h3-5,8,10,13-14,16-17H,6-7,9H2,1-2H3,(H,23,24)(H,25,26)/p-1. The molecule has 4 unspecified atom stereocenters. The zero-order valence-electron chi connectivity index (χ0n) is 16.3. The number of aryl methyl sites for hydroxylation is 1. The average Bonchev–Trinajstić information content (AvgIpc) is 3.41. The zero-order chi connectivity index (χ0) is 20.7. The number of amides is 1. The summed E-state index contributed by atoms with van der Waals surface area (Å²) >= 11 is 1.24. The van der Waals surface area contributed by atoms with Gasteiger partial charge < -0.3 is 20.0 Å². The third-order valence-electron chi connectivity index (χ3n) is 6.24. The first kappa shape index (κ1) is 19.6. The molecular weight excluding hydrogens is 390 g/mol. The summed E-state index contributed by atoms with van der Waals surface area (Å²) in [6, 6.07) is 7.73. The molecule has 4 rings (SSSR count). The van der Waals surface area contributed by atoms with Gasteiger partial charge in [0.2, 0.25) is 5.91 Å². The van der Waals surface area contributed by atoms with E-state index in [-0.39, 0.29) is 17.7 Å². The lowest BCUT2D eigenvalue weighted by atomic mass is 9.78. The number of hydrogen-bond donors (Lipinski definition) is 1. The molecule has 6 nitrogen and oxygen atoms in total. The highest BCUT2D eigenvalue weighted by Crippen LogP contribution is 2.52. The molecule has 152 valence electrons. The van der Waals surface area contributed by atoms with Crippen LogP contribution in [0.2, 0.25) is 0 Å². The minimum atomic E-state index is -1.16. The number of anilines is 1. The topological polar surface area (TPSA) is 95.5 Å². The number of hydrogen-bond acceptors (Lipinski definition) is 6. The first-order chi connectivity index (χ1) is 13.9. The van der Waals surface area contributed by atoms with Crippen LogP contribution in [0.4, 0.5) is 5.00 Å². The molecule has 1 amide bonds. The summed E-state index contributed by atoms with van der Waals surface area (Å²) < 4.78 is 4.96. The molecule has 2 aromatic rings. The number of benzene rings is 1. The Morgan fingerprint density at radius 3 is 2.55 bits per heavy atom. The first-order valence-corrected chi connectivity index (χ1v) is 10.6. The molecule has 2 aliphatic rings. The van der Waals surface area contributed by atoms with Crippen molar-refractivity contribution in [2.24, 2.45) is 23.7 Å². The van der Waals surface area contributed by atoms with Crippen LogP contribution in [0.5, 0.6) is 0 Å². The fourth-order valence-electron chi connectivity index (χ4n) is 4.98. The molecule has 1 aromatic heterocycles. The van der Waals surface area contributed by atoms with E-state index in [1.54, 1.807) is 0 Å². The minimum absolute atomic E-state index is 0.00650. The lowest BCUT2D eigenvalue weighted by Gasteiger charge is -2.30. The van der Waals surface area contributed by atoms with E-state index in [1.807, 2.05) is 36.6 Å². The zero-order valence-corrected chi connectivity index (χ0v) is 17.1. The van der Waals surface area contributed by atoms with Gasteiger partial charge >= 0.3 is 5.97 Å². The quantitative estimate of drug-likeness (QED) is 0.762. The Morgan fingerprint density at radius 2 is 1.90 bits per heavy atom. The molecule has 4 atom stereocenters. The van der Waals surface area contributed by atoms with Crippen molar-refractivity contribution in [3.8, 4) is 11.1 Å². The van der Waals surface area contributed by atoms with Crippen molar-refractivity contribution in [3.63, 3.8) is 0 Å². The second kappa shape index (κ2) is 7.63. The summed E-state index contributed by atoms with van der Waals surface area (Å²) in [5.41, 5.74) is 2.89. The normalized spacial score (nSPS) is 25.0. The summed E-state index contributed by atoms with van der Waals surface area (Å²) in [5.74, 6) is -3.36. The summed E-state index contributed by atoms with van der Waals surface area (Å²) in [4.78, 5) is 37.2. The Bertz CT molecular complexity index is 981.